The summed E-state index contributed by atoms with van der Waals surface area (Å²) in [4.78, 5) is 2.39. The highest BCUT2D eigenvalue weighted by molar-refractivity contribution is 5.85. The molecule has 1 aromatic carbocycles. The van der Waals surface area contributed by atoms with E-state index in [1.807, 2.05) is 0 Å². The van der Waals surface area contributed by atoms with Gasteiger partial charge in [0.15, 0.2) is 0 Å². The topological polar surface area (TPSA) is 12.5 Å². The van der Waals surface area contributed by atoms with Gasteiger partial charge in [0.1, 0.15) is 11.4 Å². The predicted octanol–water partition coefficient (Wildman–Crippen LogP) is 2.51. The van der Waals surface area contributed by atoms with Gasteiger partial charge in [-0.15, -0.1) is 12.4 Å². The zero-order valence-electron chi connectivity index (χ0n) is 9.61. The lowest BCUT2D eigenvalue weighted by atomic mass is 9.87. The highest BCUT2D eigenvalue weighted by Crippen LogP contribution is 2.40. The average molecular weight is 240 g/mol. The van der Waals surface area contributed by atoms with Gasteiger partial charge in [-0.1, -0.05) is 18.2 Å². The molecule has 2 aliphatic heterocycles. The van der Waals surface area contributed by atoms with E-state index in [4.69, 9.17) is 4.74 Å². The van der Waals surface area contributed by atoms with Crippen LogP contribution < -0.4 is 4.74 Å². The molecule has 0 radical (unpaired) electrons. The van der Waals surface area contributed by atoms with Crippen LogP contribution in [0.15, 0.2) is 24.3 Å². The smallest absolute Gasteiger partial charge is 0.123 e. The molecule has 1 aromatic rings. The zero-order chi connectivity index (χ0) is 10.3. The monoisotopic (exact) mass is 239 g/mol. The lowest BCUT2D eigenvalue weighted by Crippen LogP contribution is -2.45. The van der Waals surface area contributed by atoms with Crippen molar-refractivity contribution in [2.45, 2.75) is 24.9 Å². The van der Waals surface area contributed by atoms with Crippen LogP contribution in [0.5, 0.6) is 5.75 Å². The molecule has 1 saturated heterocycles. The summed E-state index contributed by atoms with van der Waals surface area (Å²) >= 11 is 0. The standard InChI is InChI=1S/C13H17NO.ClH/c1-14-8-6-13(7-9-14)10-11-4-2-3-5-12(11)15-13;/h2-5H,6-10H2,1H3;1H. The summed E-state index contributed by atoms with van der Waals surface area (Å²) in [6.45, 7) is 2.32. The van der Waals surface area contributed by atoms with E-state index in [0.717, 1.165) is 38.1 Å². The molecule has 0 aromatic heterocycles. The Balaban J connectivity index is 0.000000963. The quantitative estimate of drug-likeness (QED) is 0.690. The minimum atomic E-state index is 0. The van der Waals surface area contributed by atoms with E-state index in [0.29, 0.717) is 0 Å². The average Bonchev–Trinajstić information content (AvgIpc) is 2.61. The Bertz CT molecular complexity index is 345. The summed E-state index contributed by atoms with van der Waals surface area (Å²) in [6, 6.07) is 8.47. The highest BCUT2D eigenvalue weighted by atomic mass is 35.5. The number of ether oxygens (including phenoxy) is 1. The number of fused-ring (bicyclic) bond motifs is 1. The molecule has 0 aliphatic carbocycles. The van der Waals surface area contributed by atoms with E-state index in [1.165, 1.54) is 5.56 Å². The maximum atomic E-state index is 6.16. The second-order valence-electron chi connectivity index (χ2n) is 4.87. The van der Waals surface area contributed by atoms with Crippen LogP contribution in [-0.2, 0) is 6.42 Å². The Labute approximate surface area is 103 Å². The molecule has 88 valence electrons. The van der Waals surface area contributed by atoms with E-state index in [1.54, 1.807) is 0 Å². The first-order valence-corrected chi connectivity index (χ1v) is 5.73. The van der Waals surface area contributed by atoms with Gasteiger partial charge in [-0.05, 0) is 18.7 Å². The summed E-state index contributed by atoms with van der Waals surface area (Å²) in [5, 5.41) is 0. The fourth-order valence-corrected chi connectivity index (χ4v) is 2.67. The number of piperidine rings is 1. The predicted molar refractivity (Wildman–Crippen MR) is 67.5 cm³/mol. The lowest BCUT2D eigenvalue weighted by molar-refractivity contribution is 0.0271. The molecule has 3 rings (SSSR count). The summed E-state index contributed by atoms with van der Waals surface area (Å²) in [7, 11) is 2.19. The number of hydrogen-bond donors (Lipinski definition) is 0. The van der Waals surface area contributed by atoms with Gasteiger partial charge in [-0.25, -0.2) is 0 Å². The third-order valence-corrected chi connectivity index (χ3v) is 3.71. The van der Waals surface area contributed by atoms with E-state index in [9.17, 15) is 0 Å². The first kappa shape index (κ1) is 11.7. The molecule has 0 saturated carbocycles. The molecule has 16 heavy (non-hydrogen) atoms. The molecule has 0 unspecified atom stereocenters. The Morgan fingerprint density at radius 2 is 1.88 bits per heavy atom. The van der Waals surface area contributed by atoms with Crippen LogP contribution in [0.1, 0.15) is 18.4 Å². The number of para-hydroxylation sites is 1. The van der Waals surface area contributed by atoms with Crippen molar-refractivity contribution in [3.63, 3.8) is 0 Å². The van der Waals surface area contributed by atoms with Gasteiger partial charge < -0.3 is 9.64 Å². The fraction of sp³-hybridized carbons (Fsp3) is 0.538. The zero-order valence-corrected chi connectivity index (χ0v) is 10.4. The van der Waals surface area contributed by atoms with Gasteiger partial charge >= 0.3 is 0 Å². The van der Waals surface area contributed by atoms with Crippen LogP contribution >= 0.6 is 12.4 Å². The second-order valence-corrected chi connectivity index (χ2v) is 4.87. The lowest BCUT2D eigenvalue weighted by Gasteiger charge is -2.37. The molecule has 3 heteroatoms. The van der Waals surface area contributed by atoms with Gasteiger partial charge in [-0.3, -0.25) is 0 Å². The molecular formula is C13H18ClNO. The number of nitrogens with zero attached hydrogens (tertiary/aromatic N) is 1. The third-order valence-electron chi connectivity index (χ3n) is 3.71. The molecule has 0 amide bonds. The van der Waals surface area contributed by atoms with Crippen LogP contribution in [0, 0.1) is 0 Å². The van der Waals surface area contributed by atoms with Crippen LogP contribution in [0.3, 0.4) is 0 Å². The van der Waals surface area contributed by atoms with Gasteiger partial charge in [-0.2, -0.15) is 0 Å². The van der Waals surface area contributed by atoms with Crippen molar-refractivity contribution < 1.29 is 4.74 Å². The van der Waals surface area contributed by atoms with Crippen LogP contribution in [0.25, 0.3) is 0 Å². The molecule has 0 atom stereocenters. The van der Waals surface area contributed by atoms with Crippen molar-refractivity contribution in [1.29, 1.82) is 0 Å². The van der Waals surface area contributed by atoms with Crippen molar-refractivity contribution in [1.82, 2.24) is 4.90 Å². The molecule has 0 N–H and O–H groups in total. The van der Waals surface area contributed by atoms with Crippen molar-refractivity contribution in [2.24, 2.45) is 0 Å². The highest BCUT2D eigenvalue weighted by Gasteiger charge is 2.40. The number of rotatable bonds is 0. The van der Waals surface area contributed by atoms with Gasteiger partial charge in [0.2, 0.25) is 0 Å². The molecule has 2 aliphatic rings. The maximum absolute atomic E-state index is 6.16. The fourth-order valence-electron chi connectivity index (χ4n) is 2.67. The molecule has 1 spiro atoms. The number of hydrogen-bond acceptors (Lipinski definition) is 2. The van der Waals surface area contributed by atoms with Crippen LogP contribution in [0.2, 0.25) is 0 Å². The first-order chi connectivity index (χ1) is 7.27. The van der Waals surface area contributed by atoms with E-state index < -0.39 is 0 Å². The Morgan fingerprint density at radius 1 is 1.19 bits per heavy atom. The van der Waals surface area contributed by atoms with Crippen molar-refractivity contribution in [3.05, 3.63) is 29.8 Å². The minimum absolute atomic E-state index is 0. The van der Waals surface area contributed by atoms with Crippen LogP contribution in [-0.4, -0.2) is 30.6 Å². The molecule has 0 bridgehead atoms. The number of benzene rings is 1. The Morgan fingerprint density at radius 3 is 2.56 bits per heavy atom. The SMILES string of the molecule is CN1CCC2(CC1)Cc1ccccc1O2.Cl. The largest absolute Gasteiger partial charge is 0.487 e. The number of likely N-dealkylation sites (tertiary alicyclic amines) is 1. The molecule has 2 nitrogen and oxygen atoms in total. The Kier molecular flexibility index (Phi) is 3.13. The molecule has 2 heterocycles. The van der Waals surface area contributed by atoms with E-state index in [-0.39, 0.29) is 18.0 Å². The summed E-state index contributed by atoms with van der Waals surface area (Å²) in [6.07, 6.45) is 3.44. The minimum Gasteiger partial charge on any atom is -0.487 e. The third kappa shape index (κ3) is 1.92. The molecular weight excluding hydrogens is 222 g/mol. The second kappa shape index (κ2) is 4.27. The van der Waals surface area contributed by atoms with Gasteiger partial charge in [0, 0.05) is 32.4 Å². The van der Waals surface area contributed by atoms with Crippen molar-refractivity contribution in [2.75, 3.05) is 20.1 Å². The number of halogens is 1. The van der Waals surface area contributed by atoms with E-state index in [2.05, 4.69) is 36.2 Å². The normalized spacial score (nSPS) is 22.3. The van der Waals surface area contributed by atoms with E-state index >= 15 is 0 Å². The van der Waals surface area contributed by atoms with Crippen LogP contribution in [0.4, 0.5) is 0 Å². The first-order valence-electron chi connectivity index (χ1n) is 5.73. The summed E-state index contributed by atoms with van der Waals surface area (Å²) < 4.78 is 6.16. The van der Waals surface area contributed by atoms with Gasteiger partial charge in [0.05, 0.1) is 0 Å². The summed E-state index contributed by atoms with van der Waals surface area (Å²) in [5.41, 5.74) is 1.51. The van der Waals surface area contributed by atoms with Gasteiger partial charge in [0.25, 0.3) is 0 Å². The van der Waals surface area contributed by atoms with Crippen molar-refractivity contribution in [3.8, 4) is 5.75 Å². The molecule has 1 fully saturated rings. The Hall–Kier alpha value is -0.730. The maximum Gasteiger partial charge on any atom is 0.123 e. The summed E-state index contributed by atoms with van der Waals surface area (Å²) in [5.74, 6) is 1.11. The van der Waals surface area contributed by atoms with Crippen molar-refractivity contribution >= 4 is 12.4 Å².